The number of nitro groups is 1. The zero-order valence-corrected chi connectivity index (χ0v) is 27.7. The molecular weight excluding hydrogens is 610 g/mol. The van der Waals surface area contributed by atoms with E-state index in [0.717, 1.165) is 12.8 Å². The predicted molar refractivity (Wildman–Crippen MR) is 199 cm³/mol. The monoisotopic (exact) mass is 647 g/mol. The molecule has 3 aromatic carbocycles. The van der Waals surface area contributed by atoms with E-state index < -0.39 is 10.9 Å². The van der Waals surface area contributed by atoms with E-state index in [9.17, 15) is 14.9 Å². The summed E-state index contributed by atoms with van der Waals surface area (Å²) in [6.45, 7) is 4.64. The summed E-state index contributed by atoms with van der Waals surface area (Å²) in [4.78, 5) is 26.7. The molecule has 2 aliphatic rings. The van der Waals surface area contributed by atoms with Gasteiger partial charge in [0.25, 0.3) is 5.69 Å². The number of aryl methyl sites for hydroxylation is 1. The average Bonchev–Trinajstić information content (AvgIpc) is 3.60. The topological polar surface area (TPSA) is 86.7 Å². The summed E-state index contributed by atoms with van der Waals surface area (Å²) < 4.78 is 7.46. The standard InChI is InChI=1S/C42H37N3O4/c1-42(2)28-31(26-32(29-42)19-18-30-20-25-39-36(27-30)35-15-12-13-17-38(35)44(39)3)14-10-8-6-4-5-7-9-11-16-37-41(46)49-40(43-37)33-21-23-34(24-22-33)45(47)48/h4-27H,28-29H2,1-3H3/b6-4+,7-5+,10-8+,11-9+,19-18+,31-14-,37-16+. The SMILES string of the molecule is Cn1c2ccccc2c2cc(/C=C/C3=CC(=C/C=C/C=C/C=C/C=C/C=C4/N=C(c5ccc([N+](=O)[O-])cc5)OC4=O)/CC(C)(C)C3)ccc21. The van der Waals surface area contributed by atoms with Gasteiger partial charge in [-0.05, 0) is 71.4 Å². The maximum atomic E-state index is 12.1. The van der Waals surface area contributed by atoms with Crippen molar-refractivity contribution < 1.29 is 14.5 Å². The zero-order valence-electron chi connectivity index (χ0n) is 27.7. The van der Waals surface area contributed by atoms with Crippen molar-refractivity contribution in [2.45, 2.75) is 26.7 Å². The molecule has 244 valence electrons. The number of cyclic esters (lactones) is 1. The minimum absolute atomic E-state index is 0.0455. The van der Waals surface area contributed by atoms with E-state index in [2.05, 4.69) is 103 Å². The van der Waals surface area contributed by atoms with Crippen LogP contribution in [0.1, 0.15) is 37.8 Å². The molecule has 0 unspecified atom stereocenters. The first-order chi connectivity index (χ1) is 23.7. The van der Waals surface area contributed by atoms with E-state index in [-0.39, 0.29) is 22.7 Å². The lowest BCUT2D eigenvalue weighted by molar-refractivity contribution is -0.384. The number of allylic oxidation sites excluding steroid dienone is 14. The largest absolute Gasteiger partial charge is 0.402 e. The van der Waals surface area contributed by atoms with E-state index in [1.54, 1.807) is 18.2 Å². The van der Waals surface area contributed by atoms with Crippen LogP contribution < -0.4 is 0 Å². The van der Waals surface area contributed by atoms with E-state index in [1.807, 2.05) is 30.4 Å². The zero-order chi connectivity index (χ0) is 34.4. The molecule has 0 atom stereocenters. The average molecular weight is 648 g/mol. The van der Waals surface area contributed by atoms with Gasteiger partial charge in [0.05, 0.1) is 4.92 Å². The Labute approximate surface area is 285 Å². The van der Waals surface area contributed by atoms with E-state index in [1.165, 1.54) is 62.8 Å². The van der Waals surface area contributed by atoms with Crippen molar-refractivity contribution in [1.82, 2.24) is 4.57 Å². The molecule has 7 heteroatoms. The molecular formula is C42H37N3O4. The van der Waals surface area contributed by atoms with Crippen molar-refractivity contribution in [1.29, 1.82) is 0 Å². The second-order valence-corrected chi connectivity index (χ2v) is 12.9. The summed E-state index contributed by atoms with van der Waals surface area (Å²) in [6, 6.07) is 20.9. The Kier molecular flexibility index (Phi) is 9.62. The van der Waals surface area contributed by atoms with Gasteiger partial charge in [0.15, 0.2) is 5.70 Å². The molecule has 0 spiro atoms. The van der Waals surface area contributed by atoms with Crippen LogP contribution in [0.5, 0.6) is 0 Å². The second-order valence-electron chi connectivity index (χ2n) is 12.9. The Morgan fingerprint density at radius 1 is 0.816 bits per heavy atom. The molecule has 0 amide bonds. The summed E-state index contributed by atoms with van der Waals surface area (Å²) in [5.74, 6) is -0.450. The number of benzene rings is 3. The van der Waals surface area contributed by atoms with Crippen molar-refractivity contribution in [3.8, 4) is 0 Å². The first kappa shape index (κ1) is 32.8. The summed E-state index contributed by atoms with van der Waals surface area (Å²) in [5.41, 5.74) is 7.11. The molecule has 1 aliphatic heterocycles. The summed E-state index contributed by atoms with van der Waals surface area (Å²) in [6.07, 6.45) is 27.8. The highest BCUT2D eigenvalue weighted by Crippen LogP contribution is 2.39. The summed E-state index contributed by atoms with van der Waals surface area (Å²) in [5, 5.41) is 13.4. The van der Waals surface area contributed by atoms with Crippen LogP contribution in [0.3, 0.4) is 0 Å². The third-order valence-corrected chi connectivity index (χ3v) is 8.45. The number of esters is 1. The first-order valence-electron chi connectivity index (χ1n) is 16.2. The minimum Gasteiger partial charge on any atom is -0.402 e. The Morgan fingerprint density at radius 2 is 1.49 bits per heavy atom. The Balaban J connectivity index is 1.04. The lowest BCUT2D eigenvalue weighted by atomic mass is 9.75. The lowest BCUT2D eigenvalue weighted by Gasteiger charge is -2.30. The van der Waals surface area contributed by atoms with Crippen molar-refractivity contribution in [3.63, 3.8) is 0 Å². The first-order valence-corrected chi connectivity index (χ1v) is 16.2. The Morgan fingerprint density at radius 3 is 2.22 bits per heavy atom. The van der Waals surface area contributed by atoms with Crippen LogP contribution in [0, 0.1) is 15.5 Å². The number of hydrogen-bond donors (Lipinski definition) is 0. The van der Waals surface area contributed by atoms with Gasteiger partial charge in [-0.15, -0.1) is 0 Å². The number of para-hydroxylation sites is 1. The fraction of sp³-hybridized carbons (Fsp3) is 0.143. The van der Waals surface area contributed by atoms with Gasteiger partial charge in [0.1, 0.15) is 0 Å². The third kappa shape index (κ3) is 7.91. The van der Waals surface area contributed by atoms with Gasteiger partial charge in [-0.25, -0.2) is 9.79 Å². The van der Waals surface area contributed by atoms with E-state index in [0.29, 0.717) is 5.56 Å². The van der Waals surface area contributed by atoms with Crippen LogP contribution in [-0.2, 0) is 16.6 Å². The highest BCUT2D eigenvalue weighted by atomic mass is 16.6. The molecule has 1 aromatic heterocycles. The number of ether oxygens (including phenoxy) is 1. The Bertz CT molecular complexity index is 2210. The molecule has 0 saturated carbocycles. The molecule has 1 aliphatic carbocycles. The van der Waals surface area contributed by atoms with Crippen molar-refractivity contribution >= 4 is 45.4 Å². The molecule has 2 heterocycles. The molecule has 0 radical (unpaired) electrons. The van der Waals surface area contributed by atoms with Gasteiger partial charge in [0, 0.05) is 46.5 Å². The van der Waals surface area contributed by atoms with Crippen LogP contribution in [-0.4, -0.2) is 21.4 Å². The molecule has 7 nitrogen and oxygen atoms in total. The smallest absolute Gasteiger partial charge is 0.363 e. The van der Waals surface area contributed by atoms with Crippen molar-refractivity contribution in [2.75, 3.05) is 0 Å². The highest BCUT2D eigenvalue weighted by Gasteiger charge is 2.25. The number of non-ortho nitro benzene ring substituents is 1. The summed E-state index contributed by atoms with van der Waals surface area (Å²) >= 11 is 0. The van der Waals surface area contributed by atoms with Crippen molar-refractivity contribution in [2.24, 2.45) is 17.5 Å². The lowest BCUT2D eigenvalue weighted by Crippen LogP contribution is -2.16. The van der Waals surface area contributed by atoms with Gasteiger partial charge < -0.3 is 9.30 Å². The number of carbonyl (C=O) groups excluding carboxylic acids is 1. The number of aromatic nitrogens is 1. The van der Waals surface area contributed by atoms with Crippen LogP contribution in [0.25, 0.3) is 27.9 Å². The van der Waals surface area contributed by atoms with Crippen LogP contribution in [0.15, 0.2) is 161 Å². The van der Waals surface area contributed by atoms with Gasteiger partial charge in [0.2, 0.25) is 5.90 Å². The maximum Gasteiger partial charge on any atom is 0.363 e. The van der Waals surface area contributed by atoms with Crippen LogP contribution >= 0.6 is 0 Å². The third-order valence-electron chi connectivity index (χ3n) is 8.45. The number of aliphatic imine (C=N–C) groups is 1. The van der Waals surface area contributed by atoms with Crippen LogP contribution in [0.4, 0.5) is 5.69 Å². The van der Waals surface area contributed by atoms with Gasteiger partial charge >= 0.3 is 5.97 Å². The predicted octanol–water partition coefficient (Wildman–Crippen LogP) is 10.0. The van der Waals surface area contributed by atoms with E-state index in [4.69, 9.17) is 4.74 Å². The summed E-state index contributed by atoms with van der Waals surface area (Å²) in [7, 11) is 2.13. The number of hydrogen-bond acceptors (Lipinski definition) is 5. The van der Waals surface area contributed by atoms with Gasteiger partial charge in [-0.1, -0.05) is 111 Å². The number of fused-ring (bicyclic) bond motifs is 3. The maximum absolute atomic E-state index is 12.1. The van der Waals surface area contributed by atoms with Crippen LogP contribution in [0.2, 0.25) is 0 Å². The van der Waals surface area contributed by atoms with E-state index >= 15 is 0 Å². The normalized spacial score (nSPS) is 18.4. The Hall–Kier alpha value is -6.08. The molecule has 0 N–H and O–H groups in total. The molecule has 4 aromatic rings. The number of nitro benzene ring substituents is 1. The number of nitrogens with zero attached hydrogens (tertiary/aromatic N) is 3. The van der Waals surface area contributed by atoms with Crippen molar-refractivity contribution in [3.05, 3.63) is 178 Å². The molecule has 0 saturated heterocycles. The number of rotatable bonds is 9. The highest BCUT2D eigenvalue weighted by molar-refractivity contribution is 6.11. The molecule has 6 rings (SSSR count). The molecule has 0 fully saturated rings. The fourth-order valence-electron chi connectivity index (χ4n) is 6.20. The molecule has 49 heavy (non-hydrogen) atoms. The van der Waals surface area contributed by atoms with Gasteiger partial charge in [-0.2, -0.15) is 0 Å². The second kappa shape index (κ2) is 14.4. The molecule has 0 bridgehead atoms. The fourth-order valence-corrected chi connectivity index (χ4v) is 6.20. The van der Waals surface area contributed by atoms with Gasteiger partial charge in [-0.3, -0.25) is 10.1 Å². The number of carbonyl (C=O) groups is 1. The minimum atomic E-state index is -0.570. The quantitative estimate of drug-likeness (QED) is 0.0595.